The van der Waals surface area contributed by atoms with E-state index in [1.54, 1.807) is 6.07 Å². The third-order valence-corrected chi connectivity index (χ3v) is 5.59. The maximum absolute atomic E-state index is 12.1. The number of aromatic carboxylic acids is 1. The molecule has 0 amide bonds. The number of nitrogens with one attached hydrogen (secondary N) is 1. The second kappa shape index (κ2) is 8.31. The molecule has 0 saturated heterocycles. The fraction of sp³-hybridized carbons (Fsp3) is 0.190. The van der Waals surface area contributed by atoms with Crippen LogP contribution in [0.25, 0.3) is 10.8 Å². The van der Waals surface area contributed by atoms with Gasteiger partial charge in [-0.15, -0.1) is 0 Å². The lowest BCUT2D eigenvalue weighted by molar-refractivity contribution is 0.0694. The van der Waals surface area contributed by atoms with Gasteiger partial charge in [-0.2, -0.15) is 0 Å². The van der Waals surface area contributed by atoms with Crippen LogP contribution in [-0.4, -0.2) is 25.2 Å². The summed E-state index contributed by atoms with van der Waals surface area (Å²) in [4.78, 5) is 11.7. The normalized spacial score (nSPS) is 11.3. The molecular weight excluding hydrogens is 378 g/mol. The highest BCUT2D eigenvalue weighted by Gasteiger charge is 2.17. The highest BCUT2D eigenvalue weighted by atomic mass is 32.2. The predicted octanol–water partition coefficient (Wildman–Crippen LogP) is 4.87. The van der Waals surface area contributed by atoms with E-state index in [-0.39, 0.29) is 22.8 Å². The first-order valence-corrected chi connectivity index (χ1v) is 10.6. The Hall–Kier alpha value is -3.06. The van der Waals surface area contributed by atoms with E-state index in [1.807, 2.05) is 43.3 Å². The number of hydrogen-bond donors (Lipinski definition) is 2. The molecule has 6 nitrogen and oxygen atoms in total. The molecule has 0 spiro atoms. The van der Waals surface area contributed by atoms with E-state index in [9.17, 15) is 18.3 Å². The molecule has 0 atom stereocenters. The number of unbranched alkanes of at least 4 members (excludes halogenated alkanes) is 1. The standard InChI is InChI=1S/C21H21NO5S/c1-2-3-13-28(25,26)22-16-11-12-20(18(14-16)21(23)24)27-19-10-6-8-15-7-4-5-9-17(15)19/h4-12,14,22H,2-3,13H2,1H3,(H,23,24). The molecule has 0 aliphatic rings. The summed E-state index contributed by atoms with van der Waals surface area (Å²) in [5.41, 5.74) is 0.0717. The van der Waals surface area contributed by atoms with Crippen molar-refractivity contribution in [3.8, 4) is 11.5 Å². The summed E-state index contributed by atoms with van der Waals surface area (Å²) in [5.74, 6) is -0.553. The molecule has 7 heteroatoms. The van der Waals surface area contributed by atoms with Crippen LogP contribution in [0.2, 0.25) is 0 Å². The van der Waals surface area contributed by atoms with Gasteiger partial charge in [0.05, 0.1) is 5.75 Å². The van der Waals surface area contributed by atoms with E-state index >= 15 is 0 Å². The maximum atomic E-state index is 12.1. The van der Waals surface area contributed by atoms with Crippen LogP contribution in [0, 0.1) is 0 Å². The Morgan fingerprint density at radius 3 is 2.54 bits per heavy atom. The summed E-state index contributed by atoms with van der Waals surface area (Å²) >= 11 is 0. The number of benzene rings is 3. The fourth-order valence-corrected chi connectivity index (χ4v) is 4.07. The van der Waals surface area contributed by atoms with Crippen molar-refractivity contribution in [2.24, 2.45) is 0 Å². The van der Waals surface area contributed by atoms with Crippen molar-refractivity contribution >= 4 is 32.5 Å². The molecule has 0 unspecified atom stereocenters. The number of anilines is 1. The van der Waals surface area contributed by atoms with Crippen LogP contribution in [-0.2, 0) is 10.0 Å². The zero-order valence-corrected chi connectivity index (χ0v) is 16.2. The largest absolute Gasteiger partial charge is 0.478 e. The van der Waals surface area contributed by atoms with Gasteiger partial charge >= 0.3 is 5.97 Å². The number of sulfonamides is 1. The average Bonchev–Trinajstić information content (AvgIpc) is 2.67. The van der Waals surface area contributed by atoms with E-state index in [1.165, 1.54) is 18.2 Å². The second-order valence-electron chi connectivity index (χ2n) is 6.37. The lowest BCUT2D eigenvalue weighted by Crippen LogP contribution is -2.17. The summed E-state index contributed by atoms with van der Waals surface area (Å²) in [6, 6.07) is 17.4. The summed E-state index contributed by atoms with van der Waals surface area (Å²) in [7, 11) is -3.52. The van der Waals surface area contributed by atoms with Gasteiger partial charge in [0.1, 0.15) is 17.1 Å². The second-order valence-corrected chi connectivity index (χ2v) is 8.21. The predicted molar refractivity (Wildman–Crippen MR) is 110 cm³/mol. The van der Waals surface area contributed by atoms with Crippen molar-refractivity contribution in [3.63, 3.8) is 0 Å². The summed E-state index contributed by atoms with van der Waals surface area (Å²) in [5, 5.41) is 11.4. The van der Waals surface area contributed by atoms with Gasteiger partial charge in [0.2, 0.25) is 10.0 Å². The molecule has 2 N–H and O–H groups in total. The van der Waals surface area contributed by atoms with E-state index in [0.29, 0.717) is 12.2 Å². The van der Waals surface area contributed by atoms with Crippen LogP contribution in [0.1, 0.15) is 30.1 Å². The minimum atomic E-state index is -3.52. The number of fused-ring (bicyclic) bond motifs is 1. The Labute approximate surface area is 163 Å². The van der Waals surface area contributed by atoms with Gasteiger partial charge in [-0.1, -0.05) is 49.7 Å². The Bertz CT molecular complexity index is 1100. The Kier molecular flexibility index (Phi) is 5.84. The number of carboxylic acids is 1. The molecule has 3 aromatic rings. The van der Waals surface area contributed by atoms with Gasteiger partial charge < -0.3 is 9.84 Å². The Balaban J connectivity index is 1.92. The van der Waals surface area contributed by atoms with Gasteiger partial charge in [-0.05, 0) is 36.1 Å². The van der Waals surface area contributed by atoms with Gasteiger partial charge in [0, 0.05) is 11.1 Å². The fourth-order valence-electron chi connectivity index (χ4n) is 2.82. The lowest BCUT2D eigenvalue weighted by atomic mass is 10.1. The summed E-state index contributed by atoms with van der Waals surface area (Å²) in [6.45, 7) is 1.90. The lowest BCUT2D eigenvalue weighted by Gasteiger charge is -2.13. The van der Waals surface area contributed by atoms with Crippen molar-refractivity contribution in [2.75, 3.05) is 10.5 Å². The van der Waals surface area contributed by atoms with E-state index in [4.69, 9.17) is 4.74 Å². The molecule has 3 aromatic carbocycles. The number of carboxylic acid groups (broad SMARTS) is 1. The number of carbonyl (C=O) groups is 1. The van der Waals surface area contributed by atoms with Crippen LogP contribution in [0.15, 0.2) is 60.7 Å². The minimum absolute atomic E-state index is 0.0137. The van der Waals surface area contributed by atoms with Gasteiger partial charge in [0.15, 0.2) is 0 Å². The van der Waals surface area contributed by atoms with Crippen LogP contribution < -0.4 is 9.46 Å². The van der Waals surface area contributed by atoms with Crippen LogP contribution in [0.3, 0.4) is 0 Å². The van der Waals surface area contributed by atoms with Crippen molar-refractivity contribution in [2.45, 2.75) is 19.8 Å². The maximum Gasteiger partial charge on any atom is 0.339 e. The molecule has 0 fully saturated rings. The highest BCUT2D eigenvalue weighted by molar-refractivity contribution is 7.92. The van der Waals surface area contributed by atoms with Crippen molar-refractivity contribution < 1.29 is 23.1 Å². The van der Waals surface area contributed by atoms with Crippen molar-refractivity contribution in [3.05, 3.63) is 66.2 Å². The van der Waals surface area contributed by atoms with Crippen molar-refractivity contribution in [1.82, 2.24) is 0 Å². The van der Waals surface area contributed by atoms with E-state index < -0.39 is 16.0 Å². The monoisotopic (exact) mass is 399 g/mol. The summed E-state index contributed by atoms with van der Waals surface area (Å²) in [6.07, 6.45) is 1.28. The molecule has 146 valence electrons. The molecular formula is C21H21NO5S. The molecule has 3 rings (SSSR count). The number of rotatable bonds is 8. The first-order chi connectivity index (χ1) is 13.4. The zero-order valence-electron chi connectivity index (χ0n) is 15.4. The zero-order chi connectivity index (χ0) is 20.1. The molecule has 0 aromatic heterocycles. The van der Waals surface area contributed by atoms with E-state index in [0.717, 1.165) is 17.2 Å². The van der Waals surface area contributed by atoms with Gasteiger partial charge in [-0.25, -0.2) is 13.2 Å². The number of hydrogen-bond acceptors (Lipinski definition) is 4. The first kappa shape index (κ1) is 19.7. The summed E-state index contributed by atoms with van der Waals surface area (Å²) < 4.78 is 32.4. The Morgan fingerprint density at radius 1 is 1.04 bits per heavy atom. The molecule has 0 saturated carbocycles. The van der Waals surface area contributed by atoms with Crippen LogP contribution in [0.5, 0.6) is 11.5 Å². The van der Waals surface area contributed by atoms with Crippen LogP contribution >= 0.6 is 0 Å². The average molecular weight is 399 g/mol. The van der Waals surface area contributed by atoms with E-state index in [2.05, 4.69) is 4.72 Å². The highest BCUT2D eigenvalue weighted by Crippen LogP contribution is 2.33. The van der Waals surface area contributed by atoms with Gasteiger partial charge in [-0.3, -0.25) is 4.72 Å². The molecule has 0 bridgehead atoms. The number of ether oxygens (including phenoxy) is 1. The first-order valence-electron chi connectivity index (χ1n) is 8.93. The molecule has 0 radical (unpaired) electrons. The third kappa shape index (κ3) is 4.61. The molecule has 0 aliphatic carbocycles. The topological polar surface area (TPSA) is 92.7 Å². The molecule has 0 heterocycles. The minimum Gasteiger partial charge on any atom is -0.478 e. The van der Waals surface area contributed by atoms with Gasteiger partial charge in [0.25, 0.3) is 0 Å². The quantitative estimate of drug-likeness (QED) is 0.564. The molecule has 0 aliphatic heterocycles. The SMILES string of the molecule is CCCCS(=O)(=O)Nc1ccc(Oc2cccc3ccccc23)c(C(=O)O)c1. The molecule has 28 heavy (non-hydrogen) atoms. The van der Waals surface area contributed by atoms with Crippen LogP contribution in [0.4, 0.5) is 5.69 Å². The van der Waals surface area contributed by atoms with Crippen molar-refractivity contribution in [1.29, 1.82) is 0 Å². The Morgan fingerprint density at radius 2 is 1.79 bits per heavy atom. The third-order valence-electron chi connectivity index (χ3n) is 4.22. The smallest absolute Gasteiger partial charge is 0.339 e.